The van der Waals surface area contributed by atoms with Gasteiger partial charge in [-0.05, 0) is 23.4 Å². The van der Waals surface area contributed by atoms with Crippen LogP contribution in [0.15, 0.2) is 41.8 Å². The Labute approximate surface area is 129 Å². The fourth-order valence-corrected chi connectivity index (χ4v) is 3.73. The smallest absolute Gasteiger partial charge is 0.0841 e. The minimum Gasteiger partial charge on any atom is -0.303 e. The first-order valence-electron chi connectivity index (χ1n) is 7.34. The highest BCUT2D eigenvalue weighted by Gasteiger charge is 2.17. The second-order valence-electron chi connectivity index (χ2n) is 5.71. The monoisotopic (exact) mass is 299 g/mol. The third-order valence-corrected chi connectivity index (χ3v) is 4.80. The fraction of sp³-hybridized carbons (Fsp3) is 0.353. The highest BCUT2D eigenvalue weighted by atomic mass is 32.1. The lowest BCUT2D eigenvalue weighted by molar-refractivity contribution is 0.414. The molecule has 1 unspecified atom stereocenters. The summed E-state index contributed by atoms with van der Waals surface area (Å²) < 4.78 is 1.96. The third-order valence-electron chi connectivity index (χ3n) is 3.84. The Kier molecular flexibility index (Phi) is 4.08. The van der Waals surface area contributed by atoms with Crippen LogP contribution in [0.1, 0.15) is 30.5 Å². The molecule has 0 bridgehead atoms. The van der Waals surface area contributed by atoms with Crippen LogP contribution >= 0.6 is 11.3 Å². The number of hydrogen-bond acceptors (Lipinski definition) is 3. The van der Waals surface area contributed by atoms with Crippen LogP contribution in [-0.4, -0.2) is 9.78 Å². The molecule has 2 aromatic heterocycles. The first-order valence-corrected chi connectivity index (χ1v) is 8.22. The summed E-state index contributed by atoms with van der Waals surface area (Å²) in [5, 5.41) is 11.7. The Balaban J connectivity index is 1.82. The molecule has 0 fully saturated rings. The normalized spacial score (nSPS) is 13.1. The van der Waals surface area contributed by atoms with E-state index in [2.05, 4.69) is 66.0 Å². The van der Waals surface area contributed by atoms with Gasteiger partial charge >= 0.3 is 0 Å². The van der Waals surface area contributed by atoms with Crippen molar-refractivity contribution >= 4 is 22.2 Å². The number of benzene rings is 1. The molecule has 110 valence electrons. The van der Waals surface area contributed by atoms with Gasteiger partial charge in [0.05, 0.1) is 11.2 Å². The Hall–Kier alpha value is -1.65. The molecule has 4 heteroatoms. The summed E-state index contributed by atoms with van der Waals surface area (Å²) in [4.78, 5) is 1.39. The molecule has 1 atom stereocenters. The van der Waals surface area contributed by atoms with E-state index in [1.807, 2.05) is 23.1 Å². The number of nitrogens with one attached hydrogen (secondary N) is 1. The molecule has 3 rings (SSSR count). The summed E-state index contributed by atoms with van der Waals surface area (Å²) in [5.74, 6) is 0.554. The summed E-state index contributed by atoms with van der Waals surface area (Å²) in [6.45, 7) is 5.31. The number of fused-ring (bicyclic) bond motifs is 1. The van der Waals surface area contributed by atoms with Crippen LogP contribution in [0.3, 0.4) is 0 Å². The molecule has 0 amide bonds. The highest BCUT2D eigenvalue weighted by Crippen LogP contribution is 2.26. The van der Waals surface area contributed by atoms with E-state index in [4.69, 9.17) is 0 Å². The van der Waals surface area contributed by atoms with Crippen LogP contribution in [-0.2, 0) is 13.6 Å². The van der Waals surface area contributed by atoms with Crippen LogP contribution in [0.2, 0.25) is 0 Å². The van der Waals surface area contributed by atoms with E-state index < -0.39 is 0 Å². The number of aryl methyl sites for hydroxylation is 1. The summed E-state index contributed by atoms with van der Waals surface area (Å²) in [6, 6.07) is 13.1. The van der Waals surface area contributed by atoms with E-state index in [-0.39, 0.29) is 0 Å². The predicted octanol–water partition coefficient (Wildman–Crippen LogP) is 4.12. The minimum atomic E-state index is 0.380. The number of hydrogen-bond donors (Lipinski definition) is 1. The van der Waals surface area contributed by atoms with Crippen molar-refractivity contribution in [1.82, 2.24) is 15.1 Å². The number of para-hydroxylation sites is 1. The molecule has 3 nitrogen and oxygen atoms in total. The molecule has 0 saturated heterocycles. The second-order valence-corrected chi connectivity index (χ2v) is 6.68. The van der Waals surface area contributed by atoms with Crippen LogP contribution in [0, 0.1) is 5.92 Å². The summed E-state index contributed by atoms with van der Waals surface area (Å²) in [6.07, 6.45) is 0. The van der Waals surface area contributed by atoms with Crippen molar-refractivity contribution in [2.75, 3.05) is 0 Å². The molecule has 1 N–H and O–H groups in total. The van der Waals surface area contributed by atoms with Gasteiger partial charge < -0.3 is 5.32 Å². The molecule has 2 heterocycles. The lowest BCUT2D eigenvalue weighted by atomic mass is 10.0. The Morgan fingerprint density at radius 2 is 2.00 bits per heavy atom. The van der Waals surface area contributed by atoms with E-state index in [0.717, 1.165) is 12.2 Å². The van der Waals surface area contributed by atoms with Crippen LogP contribution in [0.4, 0.5) is 0 Å². The van der Waals surface area contributed by atoms with Crippen molar-refractivity contribution in [1.29, 1.82) is 0 Å². The molecule has 3 aromatic rings. The van der Waals surface area contributed by atoms with Gasteiger partial charge in [-0.2, -0.15) is 5.10 Å². The largest absolute Gasteiger partial charge is 0.303 e. The van der Waals surface area contributed by atoms with Gasteiger partial charge in [-0.1, -0.05) is 38.1 Å². The van der Waals surface area contributed by atoms with Crippen molar-refractivity contribution in [2.24, 2.45) is 13.0 Å². The van der Waals surface area contributed by atoms with Crippen molar-refractivity contribution in [3.63, 3.8) is 0 Å². The summed E-state index contributed by atoms with van der Waals surface area (Å²) in [7, 11) is 2.00. The maximum absolute atomic E-state index is 4.66. The summed E-state index contributed by atoms with van der Waals surface area (Å²) >= 11 is 1.82. The third kappa shape index (κ3) is 2.87. The van der Waals surface area contributed by atoms with E-state index in [1.165, 1.54) is 15.8 Å². The maximum atomic E-state index is 4.66. The van der Waals surface area contributed by atoms with Gasteiger partial charge in [0.15, 0.2) is 0 Å². The number of thiophene rings is 1. The number of rotatable bonds is 5. The lowest BCUT2D eigenvalue weighted by Crippen LogP contribution is -2.24. The minimum absolute atomic E-state index is 0.380. The van der Waals surface area contributed by atoms with E-state index >= 15 is 0 Å². The first-order chi connectivity index (χ1) is 10.2. The van der Waals surface area contributed by atoms with Crippen LogP contribution in [0.5, 0.6) is 0 Å². The lowest BCUT2D eigenvalue weighted by Gasteiger charge is -2.20. The number of aromatic nitrogens is 2. The highest BCUT2D eigenvalue weighted by molar-refractivity contribution is 7.10. The predicted molar refractivity (Wildman–Crippen MR) is 89.5 cm³/mol. The van der Waals surface area contributed by atoms with Gasteiger partial charge in [0.25, 0.3) is 0 Å². The van der Waals surface area contributed by atoms with Crippen molar-refractivity contribution in [3.8, 4) is 0 Å². The quantitative estimate of drug-likeness (QED) is 0.768. The second kappa shape index (κ2) is 6.00. The van der Waals surface area contributed by atoms with Gasteiger partial charge in [0.1, 0.15) is 0 Å². The van der Waals surface area contributed by atoms with E-state index in [1.54, 1.807) is 0 Å². The molecule has 1 aromatic carbocycles. The molecule has 0 radical (unpaired) electrons. The Bertz CT molecular complexity index is 713. The van der Waals surface area contributed by atoms with Crippen molar-refractivity contribution in [2.45, 2.75) is 26.4 Å². The molecular formula is C17H21N3S. The van der Waals surface area contributed by atoms with Gasteiger partial charge in [0, 0.05) is 29.9 Å². The van der Waals surface area contributed by atoms with Gasteiger partial charge in [-0.3, -0.25) is 4.68 Å². The first kappa shape index (κ1) is 14.3. The number of nitrogens with zero attached hydrogens (tertiary/aromatic N) is 2. The summed E-state index contributed by atoms with van der Waals surface area (Å²) in [5.41, 5.74) is 2.31. The Morgan fingerprint density at radius 1 is 1.19 bits per heavy atom. The molecule has 0 spiro atoms. The van der Waals surface area contributed by atoms with E-state index in [0.29, 0.717) is 12.0 Å². The topological polar surface area (TPSA) is 29.9 Å². The average molecular weight is 299 g/mol. The van der Waals surface area contributed by atoms with Crippen molar-refractivity contribution in [3.05, 3.63) is 52.3 Å². The van der Waals surface area contributed by atoms with E-state index in [9.17, 15) is 0 Å². The molecule has 0 aliphatic rings. The zero-order chi connectivity index (χ0) is 14.8. The fourth-order valence-electron chi connectivity index (χ4n) is 2.76. The van der Waals surface area contributed by atoms with Gasteiger partial charge in [-0.25, -0.2) is 0 Å². The SMILES string of the molecule is CC(C)C(NCc1nn(C)c2ccccc12)c1cccs1. The maximum Gasteiger partial charge on any atom is 0.0841 e. The molecule has 0 aliphatic carbocycles. The molecule has 0 aliphatic heterocycles. The standard InChI is InChI=1S/C17H21N3S/c1-12(2)17(16-9-6-10-21-16)18-11-14-13-7-4-5-8-15(13)20(3)19-14/h4-10,12,17-18H,11H2,1-3H3. The zero-order valence-corrected chi connectivity index (χ0v) is 13.5. The van der Waals surface area contributed by atoms with Crippen LogP contribution < -0.4 is 5.32 Å². The zero-order valence-electron chi connectivity index (χ0n) is 12.7. The molecule has 0 saturated carbocycles. The van der Waals surface area contributed by atoms with Gasteiger partial charge in [-0.15, -0.1) is 11.3 Å². The van der Waals surface area contributed by atoms with Crippen molar-refractivity contribution < 1.29 is 0 Å². The average Bonchev–Trinajstić information content (AvgIpc) is 3.09. The van der Waals surface area contributed by atoms with Gasteiger partial charge in [0.2, 0.25) is 0 Å². The van der Waals surface area contributed by atoms with Crippen LogP contribution in [0.25, 0.3) is 10.9 Å². The Morgan fingerprint density at radius 3 is 2.71 bits per heavy atom. The molecular weight excluding hydrogens is 278 g/mol. The molecule has 21 heavy (non-hydrogen) atoms.